The molecule has 0 radical (unpaired) electrons. The molecule has 1 atom stereocenters. The van der Waals surface area contributed by atoms with Crippen molar-refractivity contribution in [3.05, 3.63) is 57.5 Å². The molecular weight excluding hydrogens is 261 g/mol. The Morgan fingerprint density at radius 2 is 1.89 bits per heavy atom. The summed E-state index contributed by atoms with van der Waals surface area (Å²) in [6.45, 7) is 0. The Morgan fingerprint density at radius 3 is 2.56 bits per heavy atom. The molecule has 96 valence electrons. The van der Waals surface area contributed by atoms with Gasteiger partial charge < -0.3 is 5.11 Å². The number of halogens is 3. The first-order chi connectivity index (χ1) is 8.59. The van der Waals surface area contributed by atoms with Crippen molar-refractivity contribution in [2.24, 2.45) is 0 Å². The zero-order chi connectivity index (χ0) is 13.1. The predicted octanol–water partition coefficient (Wildman–Crippen LogP) is 3.83. The molecule has 0 spiro atoms. The van der Waals surface area contributed by atoms with E-state index >= 15 is 0 Å². The Morgan fingerprint density at radius 1 is 1.11 bits per heavy atom. The second kappa shape index (κ2) is 5.54. The van der Waals surface area contributed by atoms with Gasteiger partial charge in [-0.1, -0.05) is 6.07 Å². The van der Waals surface area contributed by atoms with E-state index in [0.29, 0.717) is 6.42 Å². The Labute approximate surface area is 107 Å². The lowest BCUT2D eigenvalue weighted by Gasteiger charge is -2.12. The molecule has 1 aromatic carbocycles. The lowest BCUT2D eigenvalue weighted by atomic mass is 10.0. The summed E-state index contributed by atoms with van der Waals surface area (Å²) in [5.41, 5.74) is 0.825. The monoisotopic (exact) mass is 272 g/mol. The number of aliphatic hydroxyl groups is 1. The van der Waals surface area contributed by atoms with Crippen molar-refractivity contribution in [1.82, 2.24) is 0 Å². The first-order valence-corrected chi connectivity index (χ1v) is 6.36. The molecule has 1 aromatic heterocycles. The molecule has 1 unspecified atom stereocenters. The normalized spacial score (nSPS) is 12.7. The molecule has 5 heteroatoms. The van der Waals surface area contributed by atoms with Gasteiger partial charge in [0, 0.05) is 5.56 Å². The molecule has 18 heavy (non-hydrogen) atoms. The van der Waals surface area contributed by atoms with Crippen LogP contribution in [0.25, 0.3) is 0 Å². The van der Waals surface area contributed by atoms with Crippen LogP contribution in [-0.4, -0.2) is 5.11 Å². The Balaban J connectivity index is 2.09. The van der Waals surface area contributed by atoms with Crippen LogP contribution in [-0.2, 0) is 6.42 Å². The number of aryl methyl sites for hydroxylation is 1. The van der Waals surface area contributed by atoms with E-state index < -0.39 is 23.6 Å². The summed E-state index contributed by atoms with van der Waals surface area (Å²) in [5.74, 6) is -4.10. The highest BCUT2D eigenvalue weighted by molar-refractivity contribution is 7.07. The molecule has 1 nitrogen and oxygen atoms in total. The van der Waals surface area contributed by atoms with E-state index in [0.717, 1.165) is 17.7 Å². The van der Waals surface area contributed by atoms with Crippen LogP contribution < -0.4 is 0 Å². The van der Waals surface area contributed by atoms with Crippen LogP contribution in [0.1, 0.15) is 23.7 Å². The maximum Gasteiger partial charge on any atom is 0.194 e. The standard InChI is InChI=1S/C13H11F3OS/c14-10-3-2-9(12(15)13(10)16)11(17)4-1-8-5-6-18-7-8/h2-3,5-7,11,17H,1,4H2. The van der Waals surface area contributed by atoms with E-state index in [4.69, 9.17) is 0 Å². The lowest BCUT2D eigenvalue weighted by molar-refractivity contribution is 0.161. The highest BCUT2D eigenvalue weighted by Crippen LogP contribution is 2.25. The molecule has 0 fully saturated rings. The van der Waals surface area contributed by atoms with E-state index in [1.807, 2.05) is 16.8 Å². The number of hydrogen-bond acceptors (Lipinski definition) is 2. The summed E-state index contributed by atoms with van der Waals surface area (Å²) >= 11 is 1.53. The zero-order valence-electron chi connectivity index (χ0n) is 9.37. The van der Waals surface area contributed by atoms with E-state index in [-0.39, 0.29) is 12.0 Å². The molecule has 0 amide bonds. The van der Waals surface area contributed by atoms with E-state index in [9.17, 15) is 18.3 Å². The maximum atomic E-state index is 13.4. The number of benzene rings is 1. The van der Waals surface area contributed by atoms with Gasteiger partial charge in [-0.3, -0.25) is 0 Å². The largest absolute Gasteiger partial charge is 0.388 e. The van der Waals surface area contributed by atoms with Gasteiger partial charge in [0.1, 0.15) is 0 Å². The van der Waals surface area contributed by atoms with Crippen molar-refractivity contribution in [2.45, 2.75) is 18.9 Å². The highest BCUT2D eigenvalue weighted by atomic mass is 32.1. The third kappa shape index (κ3) is 2.73. The van der Waals surface area contributed by atoms with E-state index in [1.54, 1.807) is 0 Å². The van der Waals surface area contributed by atoms with Gasteiger partial charge in [-0.2, -0.15) is 11.3 Å². The molecule has 2 rings (SSSR count). The first kappa shape index (κ1) is 13.1. The van der Waals surface area contributed by atoms with Crippen LogP contribution in [0.2, 0.25) is 0 Å². The van der Waals surface area contributed by atoms with Crippen LogP contribution in [0.3, 0.4) is 0 Å². The highest BCUT2D eigenvalue weighted by Gasteiger charge is 2.18. The minimum absolute atomic E-state index is 0.205. The van der Waals surface area contributed by atoms with E-state index in [2.05, 4.69) is 0 Å². The summed E-state index contributed by atoms with van der Waals surface area (Å²) in [7, 11) is 0. The second-order valence-electron chi connectivity index (χ2n) is 3.95. The minimum Gasteiger partial charge on any atom is -0.388 e. The molecule has 2 aromatic rings. The van der Waals surface area contributed by atoms with Gasteiger partial charge in [0.15, 0.2) is 17.5 Å². The summed E-state index contributed by atoms with van der Waals surface area (Å²) in [4.78, 5) is 0. The van der Waals surface area contributed by atoms with Crippen molar-refractivity contribution in [1.29, 1.82) is 0 Å². The Kier molecular flexibility index (Phi) is 4.04. The summed E-state index contributed by atoms with van der Waals surface area (Å²) in [6, 6.07) is 3.80. The third-order valence-corrected chi connectivity index (χ3v) is 3.44. The Hall–Kier alpha value is -1.33. The van der Waals surface area contributed by atoms with E-state index in [1.165, 1.54) is 11.3 Å². The predicted molar refractivity (Wildman–Crippen MR) is 63.9 cm³/mol. The average Bonchev–Trinajstić information content (AvgIpc) is 2.86. The zero-order valence-corrected chi connectivity index (χ0v) is 10.2. The van der Waals surface area contributed by atoms with Gasteiger partial charge >= 0.3 is 0 Å². The van der Waals surface area contributed by atoms with Crippen LogP contribution in [0.15, 0.2) is 29.0 Å². The van der Waals surface area contributed by atoms with Crippen LogP contribution in [0, 0.1) is 17.5 Å². The molecule has 1 N–H and O–H groups in total. The molecule has 0 aliphatic rings. The molecule has 0 aliphatic heterocycles. The van der Waals surface area contributed by atoms with Crippen LogP contribution >= 0.6 is 11.3 Å². The number of thiophene rings is 1. The van der Waals surface area contributed by atoms with Crippen molar-refractivity contribution in [3.8, 4) is 0 Å². The van der Waals surface area contributed by atoms with Crippen LogP contribution in [0.5, 0.6) is 0 Å². The number of rotatable bonds is 4. The van der Waals surface area contributed by atoms with Gasteiger partial charge in [-0.05, 0) is 41.3 Å². The van der Waals surface area contributed by atoms with Crippen LogP contribution in [0.4, 0.5) is 13.2 Å². The van der Waals surface area contributed by atoms with Crippen molar-refractivity contribution in [3.63, 3.8) is 0 Å². The quantitative estimate of drug-likeness (QED) is 0.839. The smallest absolute Gasteiger partial charge is 0.194 e. The Bertz CT molecular complexity index is 525. The van der Waals surface area contributed by atoms with Crippen molar-refractivity contribution < 1.29 is 18.3 Å². The van der Waals surface area contributed by atoms with Gasteiger partial charge in [-0.15, -0.1) is 0 Å². The molecule has 0 bridgehead atoms. The lowest BCUT2D eigenvalue weighted by Crippen LogP contribution is -2.05. The fraction of sp³-hybridized carbons (Fsp3) is 0.231. The topological polar surface area (TPSA) is 20.2 Å². The molecule has 0 saturated heterocycles. The molecule has 1 heterocycles. The summed E-state index contributed by atoms with van der Waals surface area (Å²) < 4.78 is 39.1. The SMILES string of the molecule is OC(CCc1ccsc1)c1ccc(F)c(F)c1F. The summed E-state index contributed by atoms with van der Waals surface area (Å²) in [5, 5.41) is 13.6. The maximum absolute atomic E-state index is 13.4. The molecule has 0 aliphatic carbocycles. The number of aliphatic hydroxyl groups excluding tert-OH is 1. The second-order valence-corrected chi connectivity index (χ2v) is 4.73. The first-order valence-electron chi connectivity index (χ1n) is 5.42. The minimum atomic E-state index is -1.54. The summed E-state index contributed by atoms with van der Waals surface area (Å²) in [6.07, 6.45) is -0.318. The third-order valence-electron chi connectivity index (χ3n) is 2.71. The van der Waals surface area contributed by atoms with Gasteiger partial charge in [0.2, 0.25) is 0 Å². The van der Waals surface area contributed by atoms with Crippen molar-refractivity contribution >= 4 is 11.3 Å². The fourth-order valence-electron chi connectivity index (χ4n) is 1.69. The van der Waals surface area contributed by atoms with Gasteiger partial charge in [0.25, 0.3) is 0 Å². The van der Waals surface area contributed by atoms with Gasteiger partial charge in [-0.25, -0.2) is 13.2 Å². The van der Waals surface area contributed by atoms with Crippen molar-refractivity contribution in [2.75, 3.05) is 0 Å². The fourth-order valence-corrected chi connectivity index (χ4v) is 2.40. The van der Waals surface area contributed by atoms with Gasteiger partial charge in [0.05, 0.1) is 6.10 Å². The number of hydrogen-bond donors (Lipinski definition) is 1. The average molecular weight is 272 g/mol. The molecular formula is C13H11F3OS. The molecule has 0 saturated carbocycles.